The third-order valence-electron chi connectivity index (χ3n) is 5.33. The van der Waals surface area contributed by atoms with Gasteiger partial charge in [0.05, 0.1) is 0 Å². The van der Waals surface area contributed by atoms with Crippen LogP contribution in [0.2, 0.25) is 0 Å². The summed E-state index contributed by atoms with van der Waals surface area (Å²) in [6.45, 7) is 9.56. The lowest BCUT2D eigenvalue weighted by molar-refractivity contribution is 0.220. The molecular formula is C22H32FN. The van der Waals surface area contributed by atoms with Gasteiger partial charge in [0, 0.05) is 11.9 Å². The lowest BCUT2D eigenvalue weighted by Gasteiger charge is -2.24. The van der Waals surface area contributed by atoms with Gasteiger partial charge in [-0.3, -0.25) is 4.99 Å². The number of benzene rings is 1. The van der Waals surface area contributed by atoms with E-state index in [-0.39, 0.29) is 0 Å². The first-order valence-corrected chi connectivity index (χ1v) is 9.28. The Morgan fingerprint density at radius 3 is 2.71 bits per heavy atom. The van der Waals surface area contributed by atoms with Crippen molar-refractivity contribution in [3.05, 3.63) is 46.2 Å². The molecule has 24 heavy (non-hydrogen) atoms. The van der Waals surface area contributed by atoms with E-state index in [1.165, 1.54) is 42.5 Å². The molecule has 1 nitrogen and oxygen atoms in total. The largest absolute Gasteiger partial charge is 0.266 e. The van der Waals surface area contributed by atoms with E-state index in [0.29, 0.717) is 0 Å². The maximum Gasteiger partial charge on any atom is 0.130 e. The lowest BCUT2D eigenvalue weighted by Crippen LogP contribution is -2.13. The van der Waals surface area contributed by atoms with Gasteiger partial charge in [-0.15, -0.1) is 0 Å². The van der Waals surface area contributed by atoms with Gasteiger partial charge in [-0.2, -0.15) is 0 Å². The molecule has 0 bridgehead atoms. The van der Waals surface area contributed by atoms with Crippen LogP contribution >= 0.6 is 0 Å². The summed E-state index contributed by atoms with van der Waals surface area (Å²) in [6, 6.07) is 6.07. The van der Waals surface area contributed by atoms with E-state index in [9.17, 15) is 4.39 Å². The molecule has 0 aliphatic heterocycles. The van der Waals surface area contributed by atoms with Crippen molar-refractivity contribution < 1.29 is 4.39 Å². The van der Waals surface area contributed by atoms with Crippen molar-refractivity contribution in [2.45, 2.75) is 78.8 Å². The maximum absolute atomic E-state index is 14.3. The van der Waals surface area contributed by atoms with Gasteiger partial charge < -0.3 is 0 Å². The van der Waals surface area contributed by atoms with Crippen molar-refractivity contribution in [2.24, 2.45) is 10.9 Å². The van der Waals surface area contributed by atoms with Gasteiger partial charge in [0.2, 0.25) is 0 Å². The highest BCUT2D eigenvalue weighted by Crippen LogP contribution is 2.34. The van der Waals surface area contributed by atoms with Gasteiger partial charge in [0.25, 0.3) is 0 Å². The van der Waals surface area contributed by atoms with Crippen LogP contribution in [-0.2, 0) is 12.1 Å². The molecule has 0 saturated heterocycles. The minimum atomic E-state index is -1.27. The predicted octanol–water partition coefficient (Wildman–Crippen LogP) is 6.69. The fourth-order valence-corrected chi connectivity index (χ4v) is 3.86. The van der Waals surface area contributed by atoms with Crippen LogP contribution in [0.3, 0.4) is 0 Å². The third-order valence-corrected chi connectivity index (χ3v) is 5.33. The Labute approximate surface area is 147 Å². The van der Waals surface area contributed by atoms with E-state index in [4.69, 9.17) is 0 Å². The quantitative estimate of drug-likeness (QED) is 0.516. The first-order chi connectivity index (χ1) is 11.3. The zero-order valence-corrected chi connectivity index (χ0v) is 16.0. The SMILES string of the molecule is CC=NC1=C(C)CCC(CCCc2cccc(C(C)(C)F)c2C)C1. The van der Waals surface area contributed by atoms with Crippen molar-refractivity contribution >= 4 is 6.21 Å². The number of rotatable bonds is 6. The van der Waals surface area contributed by atoms with Crippen LogP contribution in [0.4, 0.5) is 4.39 Å². The molecule has 1 aromatic rings. The summed E-state index contributed by atoms with van der Waals surface area (Å²) in [6.07, 6.45) is 8.94. The Bertz CT molecular complexity index is 619. The number of allylic oxidation sites excluding steroid dienone is 2. The summed E-state index contributed by atoms with van der Waals surface area (Å²) >= 11 is 0. The molecule has 1 aliphatic rings. The van der Waals surface area contributed by atoms with Crippen LogP contribution < -0.4 is 0 Å². The maximum atomic E-state index is 14.3. The Morgan fingerprint density at radius 1 is 1.29 bits per heavy atom. The van der Waals surface area contributed by atoms with Crippen molar-refractivity contribution in [2.75, 3.05) is 0 Å². The second kappa shape index (κ2) is 8.09. The number of aliphatic imine (C=N–C) groups is 1. The molecule has 0 N–H and O–H groups in total. The number of halogens is 1. The topological polar surface area (TPSA) is 12.4 Å². The molecule has 2 heteroatoms. The fraction of sp³-hybridized carbons (Fsp3) is 0.591. The summed E-state index contributed by atoms with van der Waals surface area (Å²) in [5.41, 5.74) is 4.74. The summed E-state index contributed by atoms with van der Waals surface area (Å²) < 4.78 is 14.3. The monoisotopic (exact) mass is 329 g/mol. The van der Waals surface area contributed by atoms with Crippen LogP contribution in [0.1, 0.15) is 76.5 Å². The second-order valence-corrected chi connectivity index (χ2v) is 7.68. The van der Waals surface area contributed by atoms with E-state index in [0.717, 1.165) is 29.9 Å². The number of alkyl halides is 1. The first-order valence-electron chi connectivity index (χ1n) is 9.28. The van der Waals surface area contributed by atoms with Gasteiger partial charge >= 0.3 is 0 Å². The molecule has 0 saturated carbocycles. The van der Waals surface area contributed by atoms with E-state index < -0.39 is 5.67 Å². The van der Waals surface area contributed by atoms with Gasteiger partial charge in [0.15, 0.2) is 0 Å². The van der Waals surface area contributed by atoms with Gasteiger partial charge in [0.1, 0.15) is 5.67 Å². The molecule has 0 fully saturated rings. The molecular weight excluding hydrogens is 297 g/mol. The van der Waals surface area contributed by atoms with Crippen molar-refractivity contribution in [3.63, 3.8) is 0 Å². The third kappa shape index (κ3) is 4.78. The average Bonchev–Trinajstić information content (AvgIpc) is 2.51. The first kappa shape index (κ1) is 18.9. The number of aryl methyl sites for hydroxylation is 1. The van der Waals surface area contributed by atoms with Gasteiger partial charge in [-0.05, 0) is 95.8 Å². The second-order valence-electron chi connectivity index (χ2n) is 7.68. The molecule has 0 spiro atoms. The molecule has 1 aromatic carbocycles. The molecule has 2 rings (SSSR count). The highest BCUT2D eigenvalue weighted by molar-refractivity contribution is 5.55. The zero-order chi connectivity index (χ0) is 17.7. The van der Waals surface area contributed by atoms with Crippen LogP contribution in [-0.4, -0.2) is 6.21 Å². The molecule has 0 aromatic heterocycles. The number of hydrogen-bond donors (Lipinski definition) is 0. The van der Waals surface area contributed by atoms with Crippen LogP contribution in [0, 0.1) is 12.8 Å². The van der Waals surface area contributed by atoms with Crippen LogP contribution in [0.25, 0.3) is 0 Å². The Balaban J connectivity index is 1.94. The van der Waals surface area contributed by atoms with Crippen molar-refractivity contribution in [1.29, 1.82) is 0 Å². The number of nitrogens with zero attached hydrogens (tertiary/aromatic N) is 1. The average molecular weight is 330 g/mol. The van der Waals surface area contributed by atoms with E-state index >= 15 is 0 Å². The summed E-state index contributed by atoms with van der Waals surface area (Å²) in [5.74, 6) is 0.744. The normalized spacial score (nSPS) is 19.3. The Hall–Kier alpha value is -1.44. The molecule has 0 heterocycles. The van der Waals surface area contributed by atoms with Crippen LogP contribution in [0.5, 0.6) is 0 Å². The highest BCUT2D eigenvalue weighted by atomic mass is 19.1. The lowest BCUT2D eigenvalue weighted by atomic mass is 9.83. The molecule has 0 amide bonds. The van der Waals surface area contributed by atoms with Crippen molar-refractivity contribution in [1.82, 2.24) is 0 Å². The standard InChI is InChI=1S/C22H32FN/c1-6-24-21-15-18(14-13-16(21)2)9-7-10-19-11-8-12-20(17(19)3)22(4,5)23/h6,8,11-12,18H,7,9-10,13-15H2,1-5H3. The molecule has 1 unspecified atom stereocenters. The molecule has 0 radical (unpaired) electrons. The fourth-order valence-electron chi connectivity index (χ4n) is 3.86. The number of hydrogen-bond acceptors (Lipinski definition) is 1. The molecule has 132 valence electrons. The summed E-state index contributed by atoms with van der Waals surface area (Å²) in [7, 11) is 0. The van der Waals surface area contributed by atoms with Gasteiger partial charge in [-0.1, -0.05) is 23.8 Å². The smallest absolute Gasteiger partial charge is 0.130 e. The molecule has 1 aliphatic carbocycles. The van der Waals surface area contributed by atoms with Crippen molar-refractivity contribution in [3.8, 4) is 0 Å². The summed E-state index contributed by atoms with van der Waals surface area (Å²) in [4.78, 5) is 4.55. The minimum absolute atomic E-state index is 0.744. The molecule has 1 atom stereocenters. The highest BCUT2D eigenvalue weighted by Gasteiger charge is 2.22. The van der Waals surface area contributed by atoms with Crippen LogP contribution in [0.15, 0.2) is 34.5 Å². The van der Waals surface area contributed by atoms with E-state index in [1.807, 2.05) is 25.3 Å². The summed E-state index contributed by atoms with van der Waals surface area (Å²) in [5, 5.41) is 0. The Morgan fingerprint density at radius 2 is 2.04 bits per heavy atom. The minimum Gasteiger partial charge on any atom is -0.266 e. The zero-order valence-electron chi connectivity index (χ0n) is 16.0. The van der Waals surface area contributed by atoms with Gasteiger partial charge in [-0.25, -0.2) is 4.39 Å². The Kier molecular flexibility index (Phi) is 6.37. The van der Waals surface area contributed by atoms with E-state index in [1.54, 1.807) is 13.8 Å². The predicted molar refractivity (Wildman–Crippen MR) is 102 cm³/mol. The van der Waals surface area contributed by atoms with E-state index in [2.05, 4.69) is 24.9 Å².